The number of hydrogen-bond donors (Lipinski definition) is 1. The smallest absolute Gasteiger partial charge is 0.381 e. The minimum absolute atomic E-state index is 0.212. The highest BCUT2D eigenvalue weighted by atomic mass is 79.9. The predicted octanol–water partition coefficient (Wildman–Crippen LogP) is 6.09. The van der Waals surface area contributed by atoms with Gasteiger partial charge < -0.3 is 5.32 Å². The van der Waals surface area contributed by atoms with Crippen LogP contribution in [-0.4, -0.2) is 6.04 Å². The molecule has 0 amide bonds. The maximum Gasteiger partial charge on any atom is 0.416 e. The van der Waals surface area contributed by atoms with Crippen molar-refractivity contribution >= 4 is 21.6 Å². The Hall–Kier alpha value is -0.710. The molecule has 1 saturated carbocycles. The summed E-state index contributed by atoms with van der Waals surface area (Å²) in [5.74, 6) is 0.579. The van der Waals surface area contributed by atoms with E-state index in [1.165, 1.54) is 12.1 Å². The molecular weight excluding hydrogens is 343 g/mol. The van der Waals surface area contributed by atoms with E-state index in [2.05, 4.69) is 42.0 Å². The van der Waals surface area contributed by atoms with Gasteiger partial charge in [0.2, 0.25) is 0 Å². The normalized spacial score (nSPS) is 25.7. The van der Waals surface area contributed by atoms with Gasteiger partial charge in [-0.2, -0.15) is 13.2 Å². The van der Waals surface area contributed by atoms with Crippen LogP contribution in [0, 0.1) is 11.3 Å². The number of anilines is 1. The summed E-state index contributed by atoms with van der Waals surface area (Å²) in [6.07, 6.45) is -1.18. The maximum atomic E-state index is 12.8. The third-order valence-corrected chi connectivity index (χ3v) is 4.73. The number of benzene rings is 1. The van der Waals surface area contributed by atoms with Crippen molar-refractivity contribution < 1.29 is 13.2 Å². The Morgan fingerprint density at radius 2 is 1.90 bits per heavy atom. The molecule has 0 aromatic heterocycles. The van der Waals surface area contributed by atoms with Crippen LogP contribution in [0.15, 0.2) is 22.7 Å². The molecule has 2 unspecified atom stereocenters. The zero-order chi connectivity index (χ0) is 15.8. The van der Waals surface area contributed by atoms with Crippen LogP contribution in [-0.2, 0) is 6.18 Å². The molecule has 0 aliphatic heterocycles. The standard InChI is InChI=1S/C16H21BrF3N/c1-10-6-12(9-15(2,3)8-10)21-14-7-11(16(18,19)20)4-5-13(14)17/h4-5,7,10,12,21H,6,8-9H2,1-3H3. The van der Waals surface area contributed by atoms with Crippen molar-refractivity contribution in [3.63, 3.8) is 0 Å². The molecule has 0 spiro atoms. The minimum atomic E-state index is -4.31. The first-order valence-electron chi connectivity index (χ1n) is 7.20. The van der Waals surface area contributed by atoms with Gasteiger partial charge in [0.25, 0.3) is 0 Å². The average Bonchev–Trinajstić information content (AvgIpc) is 2.27. The summed E-state index contributed by atoms with van der Waals surface area (Å²) in [4.78, 5) is 0. The summed E-state index contributed by atoms with van der Waals surface area (Å²) in [5.41, 5.74) is 0.139. The number of alkyl halides is 3. The lowest BCUT2D eigenvalue weighted by Gasteiger charge is -2.39. The Kier molecular flexibility index (Phi) is 4.62. The summed E-state index contributed by atoms with van der Waals surface area (Å²) in [6, 6.07) is 3.96. The number of halogens is 4. The average molecular weight is 364 g/mol. The highest BCUT2D eigenvalue weighted by Gasteiger charge is 2.33. The molecule has 1 aliphatic carbocycles. The molecule has 5 heteroatoms. The van der Waals surface area contributed by atoms with Crippen molar-refractivity contribution in [2.24, 2.45) is 11.3 Å². The van der Waals surface area contributed by atoms with Gasteiger partial charge in [0, 0.05) is 16.2 Å². The second kappa shape index (κ2) is 5.82. The molecule has 0 saturated heterocycles. The van der Waals surface area contributed by atoms with Gasteiger partial charge in [-0.3, -0.25) is 0 Å². The fourth-order valence-corrected chi connectivity index (χ4v) is 3.85. The molecular formula is C16H21BrF3N. The van der Waals surface area contributed by atoms with Gasteiger partial charge in [-0.25, -0.2) is 0 Å². The van der Waals surface area contributed by atoms with Crippen molar-refractivity contribution in [2.45, 2.75) is 52.3 Å². The minimum Gasteiger partial charge on any atom is -0.381 e. The molecule has 118 valence electrons. The van der Waals surface area contributed by atoms with E-state index in [4.69, 9.17) is 0 Å². The number of nitrogens with one attached hydrogen (secondary N) is 1. The van der Waals surface area contributed by atoms with Gasteiger partial charge in [0.1, 0.15) is 0 Å². The lowest BCUT2D eigenvalue weighted by Crippen LogP contribution is -2.35. The van der Waals surface area contributed by atoms with Crippen LogP contribution in [0.3, 0.4) is 0 Å². The van der Waals surface area contributed by atoms with Crippen LogP contribution in [0.2, 0.25) is 0 Å². The fourth-order valence-electron chi connectivity index (χ4n) is 3.49. The molecule has 21 heavy (non-hydrogen) atoms. The number of hydrogen-bond acceptors (Lipinski definition) is 1. The van der Waals surface area contributed by atoms with Gasteiger partial charge in [-0.05, 0) is 64.7 Å². The van der Waals surface area contributed by atoms with E-state index in [-0.39, 0.29) is 11.5 Å². The van der Waals surface area contributed by atoms with Gasteiger partial charge in [-0.1, -0.05) is 20.8 Å². The molecule has 2 rings (SSSR count). The molecule has 1 fully saturated rings. The lowest BCUT2D eigenvalue weighted by molar-refractivity contribution is -0.137. The SMILES string of the molecule is CC1CC(Nc2cc(C(F)(F)F)ccc2Br)CC(C)(C)C1. The van der Waals surface area contributed by atoms with E-state index >= 15 is 0 Å². The summed E-state index contributed by atoms with van der Waals surface area (Å²) in [7, 11) is 0. The predicted molar refractivity (Wildman–Crippen MR) is 83.4 cm³/mol. The molecule has 1 nitrogen and oxygen atoms in total. The summed E-state index contributed by atoms with van der Waals surface area (Å²) in [5, 5.41) is 3.30. The van der Waals surface area contributed by atoms with Gasteiger partial charge in [-0.15, -0.1) is 0 Å². The molecule has 0 radical (unpaired) electrons. The molecule has 0 heterocycles. The van der Waals surface area contributed by atoms with E-state index in [0.29, 0.717) is 16.1 Å². The largest absolute Gasteiger partial charge is 0.416 e. The van der Waals surface area contributed by atoms with E-state index in [1.807, 2.05) is 0 Å². The third-order valence-electron chi connectivity index (χ3n) is 4.04. The Morgan fingerprint density at radius 1 is 1.24 bits per heavy atom. The number of rotatable bonds is 2. The molecule has 0 bridgehead atoms. The van der Waals surface area contributed by atoms with Gasteiger partial charge in [0.05, 0.1) is 5.56 Å². The Labute approximate surface area is 132 Å². The summed E-state index contributed by atoms with van der Waals surface area (Å²) < 4.78 is 39.1. The first-order chi connectivity index (χ1) is 9.57. The lowest BCUT2D eigenvalue weighted by atomic mass is 9.70. The van der Waals surface area contributed by atoms with Crippen molar-refractivity contribution in [3.8, 4) is 0 Å². The Morgan fingerprint density at radius 3 is 2.48 bits per heavy atom. The van der Waals surface area contributed by atoms with E-state index in [1.54, 1.807) is 0 Å². The topological polar surface area (TPSA) is 12.0 Å². The van der Waals surface area contributed by atoms with Crippen LogP contribution in [0.5, 0.6) is 0 Å². The second-order valence-corrected chi connectivity index (χ2v) is 7.80. The highest BCUT2D eigenvalue weighted by molar-refractivity contribution is 9.10. The Balaban J connectivity index is 2.19. The van der Waals surface area contributed by atoms with Crippen LogP contribution >= 0.6 is 15.9 Å². The highest BCUT2D eigenvalue weighted by Crippen LogP contribution is 2.41. The van der Waals surface area contributed by atoms with Crippen molar-refractivity contribution in [3.05, 3.63) is 28.2 Å². The van der Waals surface area contributed by atoms with Crippen molar-refractivity contribution in [1.82, 2.24) is 0 Å². The van der Waals surface area contributed by atoms with Crippen molar-refractivity contribution in [2.75, 3.05) is 5.32 Å². The first-order valence-corrected chi connectivity index (χ1v) is 7.99. The van der Waals surface area contributed by atoms with Crippen LogP contribution in [0.4, 0.5) is 18.9 Å². The molecule has 1 N–H and O–H groups in total. The summed E-state index contributed by atoms with van der Waals surface area (Å²) in [6.45, 7) is 6.65. The van der Waals surface area contributed by atoms with E-state index in [9.17, 15) is 13.2 Å². The van der Waals surface area contributed by atoms with Crippen LogP contribution in [0.1, 0.15) is 45.6 Å². The fraction of sp³-hybridized carbons (Fsp3) is 0.625. The van der Waals surface area contributed by atoms with E-state index in [0.717, 1.165) is 25.3 Å². The zero-order valence-corrected chi connectivity index (χ0v) is 14.1. The zero-order valence-electron chi connectivity index (χ0n) is 12.5. The van der Waals surface area contributed by atoms with Gasteiger partial charge in [0.15, 0.2) is 0 Å². The molecule has 1 aromatic rings. The summed E-state index contributed by atoms with van der Waals surface area (Å²) >= 11 is 3.34. The molecule has 2 atom stereocenters. The van der Waals surface area contributed by atoms with E-state index < -0.39 is 11.7 Å². The third kappa shape index (κ3) is 4.38. The quantitative estimate of drug-likeness (QED) is 0.669. The van der Waals surface area contributed by atoms with Crippen LogP contribution in [0.25, 0.3) is 0 Å². The Bertz CT molecular complexity index is 511. The maximum absolute atomic E-state index is 12.8. The van der Waals surface area contributed by atoms with Gasteiger partial charge >= 0.3 is 6.18 Å². The first kappa shape index (κ1) is 16.7. The molecule has 1 aromatic carbocycles. The molecule has 1 aliphatic rings. The second-order valence-electron chi connectivity index (χ2n) is 6.95. The van der Waals surface area contributed by atoms with Crippen molar-refractivity contribution in [1.29, 1.82) is 0 Å². The van der Waals surface area contributed by atoms with Crippen LogP contribution < -0.4 is 5.32 Å². The monoisotopic (exact) mass is 363 g/mol.